The largest absolute Gasteiger partial charge is 0.328 e. The summed E-state index contributed by atoms with van der Waals surface area (Å²) in [5, 5.41) is 0. The van der Waals surface area contributed by atoms with Crippen LogP contribution in [-0.4, -0.2) is 9.55 Å². The Labute approximate surface area is 98.1 Å². The molecule has 1 aromatic heterocycles. The highest BCUT2D eigenvalue weighted by Gasteiger charge is 2.10. The number of hydrogen-bond donors (Lipinski definition) is 0. The minimum atomic E-state index is 0.426. The Bertz CT molecular complexity index is 460. The van der Waals surface area contributed by atoms with Gasteiger partial charge in [-0.15, -0.1) is 0 Å². The minimum Gasteiger partial charge on any atom is -0.328 e. The summed E-state index contributed by atoms with van der Waals surface area (Å²) in [6.45, 7) is 4.31. The molecule has 1 heterocycles. The van der Waals surface area contributed by atoms with Crippen molar-refractivity contribution < 1.29 is 0 Å². The van der Waals surface area contributed by atoms with Crippen LogP contribution in [0.25, 0.3) is 11.4 Å². The molecule has 0 radical (unpaired) electrons. The van der Waals surface area contributed by atoms with Crippen LogP contribution in [0.15, 0.2) is 41.1 Å². The predicted molar refractivity (Wildman–Crippen MR) is 65.7 cm³/mol. The van der Waals surface area contributed by atoms with Crippen LogP contribution < -0.4 is 0 Å². The molecule has 0 aliphatic heterocycles. The Hall–Kier alpha value is -1.09. The van der Waals surface area contributed by atoms with Crippen molar-refractivity contribution in [3.8, 4) is 11.4 Å². The van der Waals surface area contributed by atoms with E-state index in [-0.39, 0.29) is 0 Å². The van der Waals surface area contributed by atoms with Gasteiger partial charge in [-0.05, 0) is 19.9 Å². The monoisotopic (exact) mass is 264 g/mol. The zero-order valence-corrected chi connectivity index (χ0v) is 10.4. The van der Waals surface area contributed by atoms with Gasteiger partial charge >= 0.3 is 0 Å². The smallest absolute Gasteiger partial charge is 0.141 e. The maximum Gasteiger partial charge on any atom is 0.141 e. The van der Waals surface area contributed by atoms with Gasteiger partial charge in [0.2, 0.25) is 0 Å². The van der Waals surface area contributed by atoms with Crippen molar-refractivity contribution in [2.24, 2.45) is 0 Å². The van der Waals surface area contributed by atoms with Gasteiger partial charge in [-0.1, -0.05) is 34.1 Å². The molecule has 0 N–H and O–H groups in total. The highest BCUT2D eigenvalue weighted by atomic mass is 79.9. The van der Waals surface area contributed by atoms with E-state index in [2.05, 4.69) is 45.4 Å². The second kappa shape index (κ2) is 4.19. The highest BCUT2D eigenvalue weighted by molar-refractivity contribution is 9.10. The summed E-state index contributed by atoms with van der Waals surface area (Å²) in [6, 6.07) is 8.57. The average Bonchev–Trinajstić information content (AvgIpc) is 2.67. The van der Waals surface area contributed by atoms with Gasteiger partial charge in [0.1, 0.15) is 5.82 Å². The molecular weight excluding hydrogens is 252 g/mol. The lowest BCUT2D eigenvalue weighted by atomic mass is 10.2. The third-order valence-corrected chi connectivity index (χ3v) is 3.03. The molecule has 2 aromatic rings. The number of benzene rings is 1. The minimum absolute atomic E-state index is 0.426. The lowest BCUT2D eigenvalue weighted by Gasteiger charge is -2.12. The molecule has 2 rings (SSSR count). The van der Waals surface area contributed by atoms with E-state index in [0.717, 1.165) is 15.9 Å². The van der Waals surface area contributed by atoms with Gasteiger partial charge in [-0.2, -0.15) is 0 Å². The van der Waals surface area contributed by atoms with E-state index in [1.807, 2.05) is 30.6 Å². The first-order chi connectivity index (χ1) is 7.20. The van der Waals surface area contributed by atoms with Crippen LogP contribution in [0.3, 0.4) is 0 Å². The normalized spacial score (nSPS) is 10.9. The van der Waals surface area contributed by atoms with Crippen LogP contribution in [-0.2, 0) is 0 Å². The first-order valence-electron chi connectivity index (χ1n) is 4.98. The number of hydrogen-bond acceptors (Lipinski definition) is 1. The van der Waals surface area contributed by atoms with Crippen LogP contribution in [0.1, 0.15) is 19.9 Å². The quantitative estimate of drug-likeness (QED) is 0.805. The van der Waals surface area contributed by atoms with Crippen LogP contribution in [0.4, 0.5) is 0 Å². The average molecular weight is 265 g/mol. The summed E-state index contributed by atoms with van der Waals surface area (Å²) in [6.07, 6.45) is 3.86. The standard InChI is InChI=1S/C12H13BrN2/c1-9(2)15-8-7-14-12(15)10-5-3-4-6-11(10)13/h3-9H,1-2H3. The second-order valence-corrected chi connectivity index (χ2v) is 4.59. The van der Waals surface area contributed by atoms with Gasteiger partial charge in [-0.25, -0.2) is 4.98 Å². The third-order valence-electron chi connectivity index (χ3n) is 2.34. The summed E-state index contributed by atoms with van der Waals surface area (Å²) in [4.78, 5) is 4.40. The van der Waals surface area contributed by atoms with Crippen molar-refractivity contribution in [3.05, 3.63) is 41.1 Å². The zero-order chi connectivity index (χ0) is 10.8. The Kier molecular flexibility index (Phi) is 2.91. The molecule has 2 nitrogen and oxygen atoms in total. The number of aromatic nitrogens is 2. The Morgan fingerprint density at radius 2 is 2.00 bits per heavy atom. The lowest BCUT2D eigenvalue weighted by molar-refractivity contribution is 0.606. The van der Waals surface area contributed by atoms with Gasteiger partial charge < -0.3 is 4.57 Å². The first-order valence-corrected chi connectivity index (χ1v) is 5.77. The molecule has 0 bridgehead atoms. The second-order valence-electron chi connectivity index (χ2n) is 3.73. The van der Waals surface area contributed by atoms with Gasteiger partial charge in [0.25, 0.3) is 0 Å². The van der Waals surface area contributed by atoms with Crippen LogP contribution in [0, 0.1) is 0 Å². The Balaban J connectivity index is 2.55. The molecule has 15 heavy (non-hydrogen) atoms. The van der Waals surface area contributed by atoms with E-state index in [9.17, 15) is 0 Å². The fraction of sp³-hybridized carbons (Fsp3) is 0.250. The van der Waals surface area contributed by atoms with Crippen LogP contribution in [0.5, 0.6) is 0 Å². The van der Waals surface area contributed by atoms with Crippen molar-refractivity contribution in [2.75, 3.05) is 0 Å². The van der Waals surface area contributed by atoms with E-state index < -0.39 is 0 Å². The summed E-state index contributed by atoms with van der Waals surface area (Å²) in [5.41, 5.74) is 1.14. The summed E-state index contributed by atoms with van der Waals surface area (Å²) in [5.74, 6) is 1.01. The van der Waals surface area contributed by atoms with Crippen molar-refractivity contribution in [3.63, 3.8) is 0 Å². The molecule has 0 spiro atoms. The zero-order valence-electron chi connectivity index (χ0n) is 8.81. The number of halogens is 1. The van der Waals surface area contributed by atoms with E-state index in [4.69, 9.17) is 0 Å². The predicted octanol–water partition coefficient (Wildman–Crippen LogP) is 3.89. The summed E-state index contributed by atoms with van der Waals surface area (Å²) >= 11 is 3.55. The first kappa shape index (κ1) is 10.4. The molecule has 0 amide bonds. The molecule has 0 fully saturated rings. The number of imidazole rings is 1. The summed E-state index contributed by atoms with van der Waals surface area (Å²) < 4.78 is 3.25. The van der Waals surface area contributed by atoms with E-state index in [1.165, 1.54) is 0 Å². The molecule has 0 aliphatic rings. The molecule has 3 heteroatoms. The molecular formula is C12H13BrN2. The van der Waals surface area contributed by atoms with Gasteiger partial charge in [0.15, 0.2) is 0 Å². The SMILES string of the molecule is CC(C)n1ccnc1-c1ccccc1Br. The number of nitrogens with zero attached hydrogens (tertiary/aromatic N) is 2. The van der Waals surface area contributed by atoms with E-state index in [1.54, 1.807) is 0 Å². The molecule has 0 saturated carbocycles. The van der Waals surface area contributed by atoms with E-state index >= 15 is 0 Å². The van der Waals surface area contributed by atoms with Crippen molar-refractivity contribution in [2.45, 2.75) is 19.9 Å². The van der Waals surface area contributed by atoms with Gasteiger partial charge in [0, 0.05) is 28.5 Å². The highest BCUT2D eigenvalue weighted by Crippen LogP contribution is 2.28. The van der Waals surface area contributed by atoms with E-state index in [0.29, 0.717) is 6.04 Å². The summed E-state index contributed by atoms with van der Waals surface area (Å²) in [7, 11) is 0. The molecule has 0 saturated heterocycles. The molecule has 1 aromatic carbocycles. The maximum atomic E-state index is 4.40. The molecule has 0 aliphatic carbocycles. The fourth-order valence-electron chi connectivity index (χ4n) is 1.58. The maximum absolute atomic E-state index is 4.40. The van der Waals surface area contributed by atoms with Crippen LogP contribution >= 0.6 is 15.9 Å². The Morgan fingerprint density at radius 1 is 1.27 bits per heavy atom. The van der Waals surface area contributed by atoms with Gasteiger partial charge in [-0.3, -0.25) is 0 Å². The Morgan fingerprint density at radius 3 is 2.67 bits per heavy atom. The fourth-order valence-corrected chi connectivity index (χ4v) is 2.04. The molecule has 0 unspecified atom stereocenters. The third kappa shape index (κ3) is 1.97. The topological polar surface area (TPSA) is 17.8 Å². The van der Waals surface area contributed by atoms with Crippen LogP contribution in [0.2, 0.25) is 0 Å². The van der Waals surface area contributed by atoms with Crippen molar-refractivity contribution in [1.82, 2.24) is 9.55 Å². The van der Waals surface area contributed by atoms with Crippen molar-refractivity contribution in [1.29, 1.82) is 0 Å². The lowest BCUT2D eigenvalue weighted by Crippen LogP contribution is -2.01. The number of rotatable bonds is 2. The molecule has 0 atom stereocenters. The molecule has 78 valence electrons. The van der Waals surface area contributed by atoms with Crippen molar-refractivity contribution >= 4 is 15.9 Å². The van der Waals surface area contributed by atoms with Gasteiger partial charge in [0.05, 0.1) is 0 Å².